The molecule has 0 spiro atoms. The van der Waals surface area contributed by atoms with Gasteiger partial charge in [-0.3, -0.25) is 13.9 Å². The van der Waals surface area contributed by atoms with Crippen LogP contribution in [0.3, 0.4) is 0 Å². The number of aromatic nitrogens is 4. The lowest BCUT2D eigenvalue weighted by molar-refractivity contribution is 0.540. The van der Waals surface area contributed by atoms with Crippen molar-refractivity contribution in [2.45, 2.75) is 19.4 Å². The van der Waals surface area contributed by atoms with Gasteiger partial charge < -0.3 is 0 Å². The van der Waals surface area contributed by atoms with Crippen LogP contribution in [0, 0.1) is 5.82 Å². The fraction of sp³-hybridized carbons (Fsp3) is 0.250. The van der Waals surface area contributed by atoms with Crippen LogP contribution in [0.1, 0.15) is 24.9 Å². The van der Waals surface area contributed by atoms with Crippen LogP contribution in [0.5, 0.6) is 0 Å². The maximum atomic E-state index is 13.1. The molecule has 6 nitrogen and oxygen atoms in total. The molecule has 7 heteroatoms. The van der Waals surface area contributed by atoms with Crippen LogP contribution in [0.4, 0.5) is 4.39 Å². The van der Waals surface area contributed by atoms with Crippen molar-refractivity contribution in [3.63, 3.8) is 0 Å². The van der Waals surface area contributed by atoms with E-state index in [-0.39, 0.29) is 22.8 Å². The van der Waals surface area contributed by atoms with E-state index in [4.69, 9.17) is 0 Å². The van der Waals surface area contributed by atoms with Crippen molar-refractivity contribution in [3.05, 3.63) is 69.0 Å². The van der Waals surface area contributed by atoms with Crippen molar-refractivity contribution < 1.29 is 4.39 Å². The minimum absolute atomic E-state index is 0.266. The van der Waals surface area contributed by atoms with Crippen LogP contribution in [0.15, 0.2) is 46.4 Å². The Labute approximate surface area is 130 Å². The second-order valence-electron chi connectivity index (χ2n) is 5.27. The Balaban J connectivity index is 2.21. The normalized spacial score (nSPS) is 12.5. The number of hydrogen-bond donors (Lipinski definition) is 0. The number of benzene rings is 1. The molecule has 0 radical (unpaired) electrons. The lowest BCUT2D eigenvalue weighted by Gasteiger charge is -2.19. The van der Waals surface area contributed by atoms with E-state index in [2.05, 4.69) is 9.97 Å². The molecule has 0 saturated heterocycles. The first-order valence-corrected chi connectivity index (χ1v) is 7.21. The number of hydrogen-bond acceptors (Lipinski definition) is 4. The van der Waals surface area contributed by atoms with Gasteiger partial charge in [0.25, 0.3) is 5.56 Å². The summed E-state index contributed by atoms with van der Waals surface area (Å²) in [7, 11) is 1.52. The summed E-state index contributed by atoms with van der Waals surface area (Å²) in [4.78, 5) is 32.2. The maximum absolute atomic E-state index is 13.1. The van der Waals surface area contributed by atoms with Crippen LogP contribution in [-0.4, -0.2) is 19.1 Å². The predicted octanol–water partition coefficient (Wildman–Crippen LogP) is 1.63. The summed E-state index contributed by atoms with van der Waals surface area (Å²) in [5, 5.41) is 0.273. The zero-order valence-corrected chi connectivity index (χ0v) is 12.7. The zero-order chi connectivity index (χ0) is 16.6. The Bertz CT molecular complexity index is 976. The molecule has 0 bridgehead atoms. The summed E-state index contributed by atoms with van der Waals surface area (Å²) in [6.07, 6.45) is 3.31. The average molecular weight is 314 g/mol. The summed E-state index contributed by atoms with van der Waals surface area (Å²) in [6.45, 7) is 1.93. The Morgan fingerprint density at radius 2 is 1.87 bits per heavy atom. The highest BCUT2D eigenvalue weighted by atomic mass is 19.1. The lowest BCUT2D eigenvalue weighted by Crippen LogP contribution is -2.29. The van der Waals surface area contributed by atoms with Crippen LogP contribution in [0.25, 0.3) is 11.0 Å². The lowest BCUT2D eigenvalue weighted by atomic mass is 10.0. The Morgan fingerprint density at radius 1 is 1.17 bits per heavy atom. The molecule has 3 rings (SSSR count). The Kier molecular flexibility index (Phi) is 3.77. The van der Waals surface area contributed by atoms with Gasteiger partial charge in [-0.25, -0.2) is 19.2 Å². The number of nitrogens with zero attached hydrogens (tertiary/aromatic N) is 4. The monoisotopic (exact) mass is 314 g/mol. The number of halogens is 1. The second-order valence-corrected chi connectivity index (χ2v) is 5.27. The fourth-order valence-electron chi connectivity index (χ4n) is 2.65. The van der Waals surface area contributed by atoms with Gasteiger partial charge in [0, 0.05) is 13.2 Å². The molecule has 0 fully saturated rings. The van der Waals surface area contributed by atoms with Gasteiger partial charge in [-0.1, -0.05) is 19.1 Å². The molecule has 1 aromatic carbocycles. The van der Waals surface area contributed by atoms with E-state index < -0.39 is 5.69 Å². The molecule has 0 unspecified atom stereocenters. The third-order valence-electron chi connectivity index (χ3n) is 3.90. The first kappa shape index (κ1) is 15.1. The largest absolute Gasteiger partial charge is 0.348 e. The van der Waals surface area contributed by atoms with Crippen LogP contribution >= 0.6 is 0 Å². The molecule has 2 aromatic heterocycles. The minimum Gasteiger partial charge on any atom is -0.291 e. The van der Waals surface area contributed by atoms with Crippen LogP contribution in [0.2, 0.25) is 0 Å². The van der Waals surface area contributed by atoms with Crippen LogP contribution in [-0.2, 0) is 7.05 Å². The third kappa shape index (κ3) is 2.54. The molecule has 0 N–H and O–H groups in total. The topological polar surface area (TPSA) is 69.8 Å². The summed E-state index contributed by atoms with van der Waals surface area (Å²) >= 11 is 0. The van der Waals surface area contributed by atoms with Gasteiger partial charge in [-0.05, 0) is 24.1 Å². The molecule has 3 aromatic rings. The van der Waals surface area contributed by atoms with Gasteiger partial charge in [0.2, 0.25) is 0 Å². The highest BCUT2D eigenvalue weighted by molar-refractivity contribution is 5.72. The molecule has 118 valence electrons. The third-order valence-corrected chi connectivity index (χ3v) is 3.90. The van der Waals surface area contributed by atoms with E-state index in [1.807, 2.05) is 6.92 Å². The molecular weight excluding hydrogens is 299 g/mol. The van der Waals surface area contributed by atoms with Crippen molar-refractivity contribution >= 4 is 11.0 Å². The van der Waals surface area contributed by atoms with Crippen molar-refractivity contribution in [1.29, 1.82) is 0 Å². The predicted molar refractivity (Wildman–Crippen MR) is 83.9 cm³/mol. The standard InChI is InChI=1S/C16H15FN4O2/c1-3-13(10-4-6-11(17)7-5-10)21-9-19-14-12(15(21)22)8-18-16(23)20(14)2/h4-9,13H,3H2,1-2H3/t13-/m1/s1. The highest BCUT2D eigenvalue weighted by Crippen LogP contribution is 2.21. The maximum Gasteiger partial charge on any atom is 0.348 e. The molecule has 0 aliphatic rings. The van der Waals surface area contributed by atoms with E-state index in [0.717, 1.165) is 5.56 Å². The number of fused-ring (bicyclic) bond motifs is 1. The van der Waals surface area contributed by atoms with Crippen molar-refractivity contribution in [1.82, 2.24) is 19.1 Å². The quantitative estimate of drug-likeness (QED) is 0.737. The first-order chi connectivity index (χ1) is 11.0. The van der Waals surface area contributed by atoms with E-state index in [0.29, 0.717) is 12.1 Å². The molecule has 0 aliphatic heterocycles. The summed E-state index contributed by atoms with van der Waals surface area (Å²) in [5.41, 5.74) is 0.358. The van der Waals surface area contributed by atoms with Gasteiger partial charge in [0.05, 0.1) is 6.04 Å². The van der Waals surface area contributed by atoms with E-state index in [9.17, 15) is 14.0 Å². The van der Waals surface area contributed by atoms with Gasteiger partial charge in [0.1, 0.15) is 17.5 Å². The zero-order valence-electron chi connectivity index (χ0n) is 12.7. The molecule has 0 aliphatic carbocycles. The summed E-state index contributed by atoms with van der Waals surface area (Å²) in [6, 6.07) is 5.77. The smallest absolute Gasteiger partial charge is 0.291 e. The van der Waals surface area contributed by atoms with Gasteiger partial charge >= 0.3 is 5.69 Å². The van der Waals surface area contributed by atoms with Crippen molar-refractivity contribution in [2.24, 2.45) is 7.05 Å². The van der Waals surface area contributed by atoms with Gasteiger partial charge in [-0.2, -0.15) is 0 Å². The molecule has 0 amide bonds. The second kappa shape index (κ2) is 5.75. The number of rotatable bonds is 3. The highest BCUT2D eigenvalue weighted by Gasteiger charge is 2.16. The van der Waals surface area contributed by atoms with Gasteiger partial charge in [-0.15, -0.1) is 0 Å². The van der Waals surface area contributed by atoms with Crippen molar-refractivity contribution in [2.75, 3.05) is 0 Å². The molecular formula is C16H15FN4O2. The summed E-state index contributed by atoms with van der Waals surface area (Å²) < 4.78 is 15.8. The van der Waals surface area contributed by atoms with Crippen LogP contribution < -0.4 is 11.2 Å². The molecule has 0 saturated carbocycles. The number of aryl methyl sites for hydroxylation is 1. The van der Waals surface area contributed by atoms with Crippen molar-refractivity contribution in [3.8, 4) is 0 Å². The first-order valence-electron chi connectivity index (χ1n) is 7.21. The van der Waals surface area contributed by atoms with E-state index >= 15 is 0 Å². The molecule has 2 heterocycles. The SMILES string of the molecule is CC[C@H](c1ccc(F)cc1)n1cnc2c(cnc(=O)n2C)c1=O. The van der Waals surface area contributed by atoms with E-state index in [1.54, 1.807) is 12.1 Å². The Hall–Kier alpha value is -2.83. The molecule has 23 heavy (non-hydrogen) atoms. The summed E-state index contributed by atoms with van der Waals surface area (Å²) in [5.74, 6) is -0.327. The average Bonchev–Trinajstić information content (AvgIpc) is 2.55. The van der Waals surface area contributed by atoms with Gasteiger partial charge in [0.15, 0.2) is 5.65 Å². The van der Waals surface area contributed by atoms with E-state index in [1.165, 1.54) is 40.8 Å². The Morgan fingerprint density at radius 3 is 2.52 bits per heavy atom. The fourth-order valence-corrected chi connectivity index (χ4v) is 2.65. The molecule has 1 atom stereocenters. The minimum atomic E-state index is -0.465.